The van der Waals surface area contributed by atoms with Crippen molar-refractivity contribution in [1.82, 2.24) is 15.0 Å². The Morgan fingerprint density at radius 2 is 1.74 bits per heavy atom. The molecule has 1 aromatic heterocycles. The predicted molar refractivity (Wildman–Crippen MR) is 132 cm³/mol. The van der Waals surface area contributed by atoms with Crippen molar-refractivity contribution in [1.29, 1.82) is 0 Å². The van der Waals surface area contributed by atoms with E-state index in [1.54, 1.807) is 12.1 Å². The molecule has 0 unspecified atom stereocenters. The highest BCUT2D eigenvalue weighted by Crippen LogP contribution is 2.34. The predicted octanol–water partition coefficient (Wildman–Crippen LogP) is 4.98. The highest BCUT2D eigenvalue weighted by Gasteiger charge is 2.29. The van der Waals surface area contributed by atoms with Gasteiger partial charge in [0.05, 0.1) is 12.1 Å². The molecule has 34 heavy (non-hydrogen) atoms. The number of amides is 1. The van der Waals surface area contributed by atoms with Crippen LogP contribution in [0.4, 0.5) is 10.3 Å². The molecule has 0 bridgehead atoms. The summed E-state index contributed by atoms with van der Waals surface area (Å²) >= 11 is 0. The second kappa shape index (κ2) is 10.4. The van der Waals surface area contributed by atoms with Gasteiger partial charge in [0.1, 0.15) is 11.5 Å². The second-order valence-electron chi connectivity index (χ2n) is 9.17. The fourth-order valence-electron chi connectivity index (χ4n) is 4.22. The summed E-state index contributed by atoms with van der Waals surface area (Å²) in [6.07, 6.45) is 0.818. The Bertz CT molecular complexity index is 1100. The van der Waals surface area contributed by atoms with Crippen LogP contribution in [-0.2, 0) is 6.54 Å². The molecule has 0 radical (unpaired) electrons. The third-order valence-corrected chi connectivity index (χ3v) is 6.69. The molecule has 1 fully saturated rings. The van der Waals surface area contributed by atoms with Crippen LogP contribution in [0.1, 0.15) is 41.8 Å². The summed E-state index contributed by atoms with van der Waals surface area (Å²) in [5, 5.41) is 4.40. The van der Waals surface area contributed by atoms with E-state index in [4.69, 9.17) is 4.52 Å². The van der Waals surface area contributed by atoms with Crippen LogP contribution in [0.3, 0.4) is 0 Å². The van der Waals surface area contributed by atoms with Crippen LogP contribution in [0.25, 0.3) is 11.3 Å². The van der Waals surface area contributed by atoms with Gasteiger partial charge >= 0.3 is 0 Å². The Kier molecular flexibility index (Phi) is 7.32. The molecular weight excluding hydrogens is 431 g/mol. The van der Waals surface area contributed by atoms with E-state index in [9.17, 15) is 9.18 Å². The first-order valence-corrected chi connectivity index (χ1v) is 11.9. The third kappa shape index (κ3) is 5.14. The number of carbonyl (C=O) groups is 1. The normalized spacial score (nSPS) is 15.4. The van der Waals surface area contributed by atoms with Crippen molar-refractivity contribution in [2.45, 2.75) is 39.8 Å². The molecule has 4 rings (SSSR count). The Labute approximate surface area is 200 Å². The van der Waals surface area contributed by atoms with Crippen LogP contribution in [-0.4, -0.2) is 60.1 Å². The standard InChI is InChI=1S/C27H33FN4O2/c1-5-20(3)32(26(33)22-8-6-19(2)7-9-22)18-24-25(21-10-12-23(28)13-11-21)29-34-27(24)31-16-14-30(4)15-17-31/h6-13,20H,5,14-18H2,1-4H3/t20-/m0/s1. The topological polar surface area (TPSA) is 52.8 Å². The van der Waals surface area contributed by atoms with Crippen LogP contribution in [0.5, 0.6) is 0 Å². The number of hydrogen-bond acceptors (Lipinski definition) is 5. The Hall–Kier alpha value is -3.19. The van der Waals surface area contributed by atoms with E-state index >= 15 is 0 Å². The molecule has 180 valence electrons. The minimum Gasteiger partial charge on any atom is -0.338 e. The van der Waals surface area contributed by atoms with Gasteiger partial charge in [-0.05, 0) is 63.7 Å². The summed E-state index contributed by atoms with van der Waals surface area (Å²) in [6, 6.07) is 14.0. The lowest BCUT2D eigenvalue weighted by molar-refractivity contribution is 0.0672. The number of carbonyl (C=O) groups excluding carboxylic acids is 1. The number of hydrogen-bond donors (Lipinski definition) is 0. The fourth-order valence-corrected chi connectivity index (χ4v) is 4.22. The van der Waals surface area contributed by atoms with E-state index in [1.165, 1.54) is 12.1 Å². The van der Waals surface area contributed by atoms with Gasteiger partial charge < -0.3 is 19.2 Å². The first-order valence-electron chi connectivity index (χ1n) is 11.9. The number of aromatic nitrogens is 1. The van der Waals surface area contributed by atoms with E-state index in [-0.39, 0.29) is 17.8 Å². The molecule has 1 aliphatic heterocycles. The number of benzene rings is 2. The molecule has 7 heteroatoms. The highest BCUT2D eigenvalue weighted by atomic mass is 19.1. The molecule has 2 aromatic carbocycles. The SMILES string of the molecule is CC[C@H](C)N(Cc1c(-c2ccc(F)cc2)noc1N1CCN(C)CC1)C(=O)c1ccc(C)cc1. The first-order chi connectivity index (χ1) is 16.4. The van der Waals surface area contributed by atoms with Crippen molar-refractivity contribution in [2.24, 2.45) is 0 Å². The zero-order chi connectivity index (χ0) is 24.2. The largest absolute Gasteiger partial charge is 0.338 e. The maximum absolute atomic E-state index is 13.6. The Morgan fingerprint density at radius 3 is 2.35 bits per heavy atom. The molecule has 1 atom stereocenters. The lowest BCUT2D eigenvalue weighted by Crippen LogP contribution is -2.45. The number of halogens is 1. The number of likely N-dealkylation sites (N-methyl/N-ethyl adjacent to an activating group) is 1. The van der Waals surface area contributed by atoms with E-state index in [0.29, 0.717) is 23.7 Å². The number of nitrogens with zero attached hydrogens (tertiary/aromatic N) is 4. The zero-order valence-electron chi connectivity index (χ0n) is 20.4. The van der Waals surface area contributed by atoms with Crippen molar-refractivity contribution >= 4 is 11.8 Å². The van der Waals surface area contributed by atoms with Crippen molar-refractivity contribution < 1.29 is 13.7 Å². The number of anilines is 1. The number of rotatable bonds is 7. The smallest absolute Gasteiger partial charge is 0.254 e. The van der Waals surface area contributed by atoms with Gasteiger partial charge in [0.15, 0.2) is 0 Å². The maximum atomic E-state index is 13.6. The summed E-state index contributed by atoms with van der Waals surface area (Å²) in [4.78, 5) is 20.0. The zero-order valence-corrected chi connectivity index (χ0v) is 20.4. The summed E-state index contributed by atoms with van der Waals surface area (Å²) in [5.41, 5.74) is 4.05. The van der Waals surface area contributed by atoms with Gasteiger partial charge in [0.2, 0.25) is 5.88 Å². The monoisotopic (exact) mass is 464 g/mol. The van der Waals surface area contributed by atoms with E-state index < -0.39 is 0 Å². The van der Waals surface area contributed by atoms with Gasteiger partial charge in [0, 0.05) is 43.3 Å². The molecule has 3 aromatic rings. The quantitative estimate of drug-likeness (QED) is 0.494. The molecule has 6 nitrogen and oxygen atoms in total. The van der Waals surface area contributed by atoms with Gasteiger partial charge in [-0.3, -0.25) is 4.79 Å². The first kappa shape index (κ1) is 24.0. The van der Waals surface area contributed by atoms with Crippen molar-refractivity contribution in [3.05, 3.63) is 71.0 Å². The van der Waals surface area contributed by atoms with Gasteiger partial charge in [0.25, 0.3) is 5.91 Å². The van der Waals surface area contributed by atoms with Crippen LogP contribution in [0, 0.1) is 12.7 Å². The molecule has 0 spiro atoms. The number of aryl methyl sites for hydroxylation is 1. The lowest BCUT2D eigenvalue weighted by atomic mass is 10.0. The molecule has 1 saturated heterocycles. The van der Waals surface area contributed by atoms with Crippen LogP contribution in [0.15, 0.2) is 53.1 Å². The molecule has 0 aliphatic carbocycles. The average molecular weight is 465 g/mol. The van der Waals surface area contributed by atoms with Crippen LogP contribution >= 0.6 is 0 Å². The van der Waals surface area contributed by atoms with E-state index in [1.807, 2.05) is 36.1 Å². The number of piperazine rings is 1. The third-order valence-electron chi connectivity index (χ3n) is 6.69. The van der Waals surface area contributed by atoms with Crippen molar-refractivity contribution in [2.75, 3.05) is 38.1 Å². The summed E-state index contributed by atoms with van der Waals surface area (Å²) in [6.45, 7) is 9.98. The fraction of sp³-hybridized carbons (Fsp3) is 0.407. The molecule has 0 saturated carbocycles. The molecule has 2 heterocycles. The Balaban J connectivity index is 1.74. The second-order valence-corrected chi connectivity index (χ2v) is 9.17. The van der Waals surface area contributed by atoms with Gasteiger partial charge in [-0.25, -0.2) is 4.39 Å². The van der Waals surface area contributed by atoms with E-state index in [2.05, 4.69) is 35.9 Å². The van der Waals surface area contributed by atoms with Gasteiger partial charge in [-0.2, -0.15) is 0 Å². The van der Waals surface area contributed by atoms with Crippen molar-refractivity contribution in [3.63, 3.8) is 0 Å². The Morgan fingerprint density at radius 1 is 1.09 bits per heavy atom. The highest BCUT2D eigenvalue weighted by molar-refractivity contribution is 5.94. The van der Waals surface area contributed by atoms with Gasteiger partial charge in [-0.1, -0.05) is 29.8 Å². The van der Waals surface area contributed by atoms with E-state index in [0.717, 1.165) is 49.3 Å². The van der Waals surface area contributed by atoms with Crippen LogP contribution in [0.2, 0.25) is 0 Å². The van der Waals surface area contributed by atoms with Crippen LogP contribution < -0.4 is 4.90 Å². The minimum absolute atomic E-state index is 0.0186. The minimum atomic E-state index is -0.302. The average Bonchev–Trinajstić information content (AvgIpc) is 3.26. The summed E-state index contributed by atoms with van der Waals surface area (Å²) in [5.74, 6) is 0.367. The summed E-state index contributed by atoms with van der Waals surface area (Å²) < 4.78 is 19.5. The van der Waals surface area contributed by atoms with Crippen molar-refractivity contribution in [3.8, 4) is 11.3 Å². The lowest BCUT2D eigenvalue weighted by Gasteiger charge is -2.33. The molecule has 0 N–H and O–H groups in total. The molecule has 1 amide bonds. The summed E-state index contributed by atoms with van der Waals surface area (Å²) in [7, 11) is 2.10. The molecule has 1 aliphatic rings. The maximum Gasteiger partial charge on any atom is 0.254 e. The van der Waals surface area contributed by atoms with Gasteiger partial charge in [-0.15, -0.1) is 0 Å². The molecular formula is C27H33FN4O2.